The zero-order chi connectivity index (χ0) is 15.5. The van der Waals surface area contributed by atoms with Gasteiger partial charge in [0, 0.05) is 46.7 Å². The first kappa shape index (κ1) is 17.4. The zero-order valence-electron chi connectivity index (χ0n) is 12.7. The van der Waals surface area contributed by atoms with Crippen molar-refractivity contribution in [3.05, 3.63) is 29.6 Å². The first-order chi connectivity index (χ1) is 10.2. The van der Waals surface area contributed by atoms with E-state index in [-0.39, 0.29) is 5.84 Å². The van der Waals surface area contributed by atoms with Crippen molar-refractivity contribution >= 4 is 5.84 Å². The molecule has 1 aromatic heterocycles. The highest BCUT2D eigenvalue weighted by atomic mass is 16.5. The lowest BCUT2D eigenvalue weighted by molar-refractivity contribution is 0.129. The quantitative estimate of drug-likeness (QED) is 0.217. The first-order valence-electron chi connectivity index (χ1n) is 6.84. The van der Waals surface area contributed by atoms with E-state index in [1.165, 1.54) is 0 Å². The molecule has 1 aromatic rings. The van der Waals surface area contributed by atoms with Crippen LogP contribution in [0.1, 0.15) is 17.7 Å². The third kappa shape index (κ3) is 6.52. The molecule has 0 aliphatic heterocycles. The fraction of sp³-hybridized carbons (Fsp3) is 0.571. The summed E-state index contributed by atoms with van der Waals surface area (Å²) >= 11 is 0. The Balaban J connectivity index is 2.67. The van der Waals surface area contributed by atoms with Crippen LogP contribution in [0.4, 0.5) is 0 Å². The Labute approximate surface area is 125 Å². The van der Waals surface area contributed by atoms with Gasteiger partial charge >= 0.3 is 0 Å². The molecule has 21 heavy (non-hydrogen) atoms. The van der Waals surface area contributed by atoms with Crippen molar-refractivity contribution in [2.45, 2.75) is 13.0 Å². The number of nitrogens with two attached hydrogens (primary N) is 1. The van der Waals surface area contributed by atoms with Gasteiger partial charge in [-0.2, -0.15) is 0 Å². The third-order valence-corrected chi connectivity index (χ3v) is 3.04. The SMILES string of the molecule is COCCCN(CCOC)Cc1ccnc(C(N)=NO)c1. The molecule has 0 saturated heterocycles. The van der Waals surface area contributed by atoms with Crippen LogP contribution in [0.5, 0.6) is 0 Å². The van der Waals surface area contributed by atoms with Crippen molar-refractivity contribution < 1.29 is 14.7 Å². The molecule has 0 amide bonds. The Hall–Kier alpha value is -1.70. The molecule has 1 heterocycles. The van der Waals surface area contributed by atoms with Crippen molar-refractivity contribution in [1.82, 2.24) is 9.88 Å². The predicted octanol–water partition coefficient (Wildman–Crippen LogP) is 0.661. The van der Waals surface area contributed by atoms with Gasteiger partial charge in [0.15, 0.2) is 5.84 Å². The van der Waals surface area contributed by atoms with Crippen LogP contribution in [0, 0.1) is 0 Å². The van der Waals surface area contributed by atoms with E-state index < -0.39 is 0 Å². The maximum Gasteiger partial charge on any atom is 0.188 e. The molecule has 0 bridgehead atoms. The van der Waals surface area contributed by atoms with Gasteiger partial charge in [-0.1, -0.05) is 5.16 Å². The first-order valence-corrected chi connectivity index (χ1v) is 6.84. The minimum Gasteiger partial charge on any atom is -0.409 e. The molecular formula is C14H24N4O3. The average molecular weight is 296 g/mol. The van der Waals surface area contributed by atoms with Crippen LogP contribution in [-0.4, -0.2) is 61.4 Å². The Kier molecular flexibility index (Phi) is 8.34. The highest BCUT2D eigenvalue weighted by molar-refractivity contribution is 5.95. The van der Waals surface area contributed by atoms with Crippen molar-refractivity contribution in [3.63, 3.8) is 0 Å². The number of aromatic nitrogens is 1. The van der Waals surface area contributed by atoms with E-state index in [1.807, 2.05) is 12.1 Å². The van der Waals surface area contributed by atoms with E-state index in [0.29, 0.717) is 12.3 Å². The Morgan fingerprint density at radius 3 is 2.76 bits per heavy atom. The van der Waals surface area contributed by atoms with Crippen LogP contribution < -0.4 is 5.73 Å². The number of hydrogen-bond acceptors (Lipinski definition) is 6. The number of pyridine rings is 1. The van der Waals surface area contributed by atoms with Crippen LogP contribution in [0.3, 0.4) is 0 Å². The summed E-state index contributed by atoms with van der Waals surface area (Å²) in [7, 11) is 3.39. The molecule has 0 fully saturated rings. The molecule has 0 aromatic carbocycles. The van der Waals surface area contributed by atoms with Gasteiger partial charge in [0.05, 0.1) is 6.61 Å². The molecule has 0 radical (unpaired) electrons. The van der Waals surface area contributed by atoms with E-state index >= 15 is 0 Å². The second-order valence-corrected chi connectivity index (χ2v) is 4.65. The topological polar surface area (TPSA) is 93.2 Å². The van der Waals surface area contributed by atoms with Crippen molar-refractivity contribution in [2.75, 3.05) is 40.5 Å². The van der Waals surface area contributed by atoms with Gasteiger partial charge < -0.3 is 20.4 Å². The smallest absolute Gasteiger partial charge is 0.188 e. The lowest BCUT2D eigenvalue weighted by Crippen LogP contribution is -2.29. The minimum atomic E-state index is 0.0136. The van der Waals surface area contributed by atoms with Crippen LogP contribution >= 0.6 is 0 Å². The summed E-state index contributed by atoms with van der Waals surface area (Å²) in [6.07, 6.45) is 2.62. The highest BCUT2D eigenvalue weighted by Crippen LogP contribution is 2.07. The van der Waals surface area contributed by atoms with Gasteiger partial charge in [-0.3, -0.25) is 9.88 Å². The van der Waals surface area contributed by atoms with E-state index in [4.69, 9.17) is 20.4 Å². The van der Waals surface area contributed by atoms with Crippen molar-refractivity contribution in [1.29, 1.82) is 0 Å². The molecule has 0 aliphatic rings. The van der Waals surface area contributed by atoms with Crippen LogP contribution in [0.25, 0.3) is 0 Å². The fourth-order valence-electron chi connectivity index (χ4n) is 1.94. The number of ether oxygens (including phenoxy) is 2. The number of nitrogens with zero attached hydrogens (tertiary/aromatic N) is 3. The number of oxime groups is 1. The molecule has 3 N–H and O–H groups in total. The molecule has 7 heteroatoms. The molecule has 118 valence electrons. The number of amidine groups is 1. The van der Waals surface area contributed by atoms with E-state index in [2.05, 4.69) is 15.0 Å². The van der Waals surface area contributed by atoms with Crippen molar-refractivity contribution in [3.8, 4) is 0 Å². The summed E-state index contributed by atoms with van der Waals surface area (Å²) in [6.45, 7) is 3.90. The standard InChI is InChI=1S/C14H24N4O3/c1-20-8-3-6-18(7-9-21-2)11-12-4-5-16-13(10-12)14(15)17-19/h4-5,10,19H,3,6-9,11H2,1-2H3,(H2,15,17). The molecule has 0 atom stereocenters. The van der Waals surface area contributed by atoms with Gasteiger partial charge in [0.1, 0.15) is 5.69 Å². The van der Waals surface area contributed by atoms with Crippen LogP contribution in [0.15, 0.2) is 23.5 Å². The summed E-state index contributed by atoms with van der Waals surface area (Å²) in [5.74, 6) is 0.0136. The summed E-state index contributed by atoms with van der Waals surface area (Å²) in [5, 5.41) is 11.7. The van der Waals surface area contributed by atoms with Gasteiger partial charge in [0.2, 0.25) is 0 Å². The molecule has 1 rings (SSSR count). The second-order valence-electron chi connectivity index (χ2n) is 4.65. The number of methoxy groups -OCH3 is 2. The Morgan fingerprint density at radius 1 is 1.33 bits per heavy atom. The normalized spacial score (nSPS) is 12.0. The van der Waals surface area contributed by atoms with E-state index in [9.17, 15) is 0 Å². The number of hydrogen-bond donors (Lipinski definition) is 2. The summed E-state index contributed by atoms with van der Waals surface area (Å²) < 4.78 is 10.2. The molecule has 7 nitrogen and oxygen atoms in total. The van der Waals surface area contributed by atoms with Gasteiger partial charge in [0.25, 0.3) is 0 Å². The molecule has 0 aliphatic carbocycles. The summed E-state index contributed by atoms with van der Waals surface area (Å²) in [5.41, 5.74) is 7.09. The molecular weight excluding hydrogens is 272 g/mol. The molecule has 0 saturated carbocycles. The number of rotatable bonds is 10. The van der Waals surface area contributed by atoms with Gasteiger partial charge in [-0.25, -0.2) is 0 Å². The predicted molar refractivity (Wildman–Crippen MR) is 80.4 cm³/mol. The van der Waals surface area contributed by atoms with E-state index in [0.717, 1.165) is 38.2 Å². The molecule has 0 spiro atoms. The second kappa shape index (κ2) is 10.1. The van der Waals surface area contributed by atoms with E-state index in [1.54, 1.807) is 20.4 Å². The maximum absolute atomic E-state index is 8.70. The van der Waals surface area contributed by atoms with Gasteiger partial charge in [-0.15, -0.1) is 0 Å². The van der Waals surface area contributed by atoms with Crippen LogP contribution in [-0.2, 0) is 16.0 Å². The lowest BCUT2D eigenvalue weighted by atomic mass is 10.2. The summed E-state index contributed by atoms with van der Waals surface area (Å²) in [4.78, 5) is 6.35. The fourth-order valence-corrected chi connectivity index (χ4v) is 1.94. The highest BCUT2D eigenvalue weighted by Gasteiger charge is 2.08. The zero-order valence-corrected chi connectivity index (χ0v) is 12.7. The lowest BCUT2D eigenvalue weighted by Gasteiger charge is -2.22. The molecule has 0 unspecified atom stereocenters. The third-order valence-electron chi connectivity index (χ3n) is 3.04. The Morgan fingerprint density at radius 2 is 2.10 bits per heavy atom. The van der Waals surface area contributed by atoms with Crippen molar-refractivity contribution in [2.24, 2.45) is 10.9 Å². The monoisotopic (exact) mass is 296 g/mol. The summed E-state index contributed by atoms with van der Waals surface area (Å²) in [6, 6.07) is 3.75. The van der Waals surface area contributed by atoms with Crippen LogP contribution in [0.2, 0.25) is 0 Å². The average Bonchev–Trinajstić information content (AvgIpc) is 2.52. The Bertz CT molecular complexity index is 440. The van der Waals surface area contributed by atoms with Gasteiger partial charge in [-0.05, 0) is 24.1 Å². The minimum absolute atomic E-state index is 0.0136. The maximum atomic E-state index is 8.70. The largest absolute Gasteiger partial charge is 0.409 e.